The highest BCUT2D eigenvalue weighted by Gasteiger charge is 2.37. The predicted molar refractivity (Wildman–Crippen MR) is 82.3 cm³/mol. The van der Waals surface area contributed by atoms with E-state index in [2.05, 4.69) is 4.98 Å². The average Bonchev–Trinajstić information content (AvgIpc) is 3.11. The van der Waals surface area contributed by atoms with Crippen molar-refractivity contribution in [3.63, 3.8) is 0 Å². The van der Waals surface area contributed by atoms with E-state index in [0.29, 0.717) is 44.1 Å². The fraction of sp³-hybridized carbons (Fsp3) is 0.444. The molecule has 1 aromatic carbocycles. The van der Waals surface area contributed by atoms with E-state index >= 15 is 0 Å². The molecular weight excluding hydrogens is 298 g/mol. The molecule has 2 aromatic rings. The number of nitrogens with zero attached hydrogens (tertiary/aromatic N) is 2. The molecule has 5 heteroatoms. The average molecular weight is 316 g/mol. The smallest absolute Gasteiger partial charge is 0.133 e. The second-order valence-corrected chi connectivity index (χ2v) is 6.63. The lowest BCUT2D eigenvalue weighted by Crippen LogP contribution is -2.30. The van der Waals surface area contributed by atoms with Crippen molar-refractivity contribution in [3.05, 3.63) is 42.1 Å². The molecule has 1 aromatic heterocycles. The number of fused-ring (bicyclic) bond motifs is 3. The Labute approximate surface area is 133 Å². The largest absolute Gasteiger partial charge is 0.323 e. The Morgan fingerprint density at radius 2 is 2.09 bits per heavy atom. The second-order valence-electron chi connectivity index (χ2n) is 6.63. The number of carbonyl (C=O) groups is 1. The quantitative estimate of drug-likeness (QED) is 0.849. The van der Waals surface area contributed by atoms with Crippen molar-refractivity contribution in [2.75, 3.05) is 0 Å². The Morgan fingerprint density at radius 3 is 2.87 bits per heavy atom. The van der Waals surface area contributed by atoms with Gasteiger partial charge in [-0.3, -0.25) is 4.79 Å². The lowest BCUT2D eigenvalue weighted by molar-refractivity contribution is -0.123. The molecule has 0 saturated heterocycles. The molecule has 23 heavy (non-hydrogen) atoms. The van der Waals surface area contributed by atoms with Gasteiger partial charge in [-0.15, -0.1) is 0 Å². The Bertz CT molecular complexity index is 758. The summed E-state index contributed by atoms with van der Waals surface area (Å²) >= 11 is 0. The minimum atomic E-state index is -1.30. The van der Waals surface area contributed by atoms with Crippen molar-refractivity contribution in [2.24, 2.45) is 0 Å². The van der Waals surface area contributed by atoms with Crippen LogP contribution in [0, 0.1) is 5.82 Å². The summed E-state index contributed by atoms with van der Waals surface area (Å²) in [4.78, 5) is 15.5. The van der Waals surface area contributed by atoms with E-state index < -0.39 is 5.67 Å². The number of benzene rings is 1. The van der Waals surface area contributed by atoms with Crippen LogP contribution in [-0.4, -0.2) is 21.0 Å². The first-order valence-electron chi connectivity index (χ1n) is 8.09. The summed E-state index contributed by atoms with van der Waals surface area (Å²) in [5, 5.41) is 0. The third-order valence-electron chi connectivity index (χ3n) is 5.23. The normalized spacial score (nSPS) is 22.0. The van der Waals surface area contributed by atoms with E-state index in [1.807, 2.05) is 10.6 Å². The zero-order valence-corrected chi connectivity index (χ0v) is 12.8. The van der Waals surface area contributed by atoms with Gasteiger partial charge in [0.15, 0.2) is 0 Å². The number of aromatic nitrogens is 2. The van der Waals surface area contributed by atoms with E-state index in [1.165, 1.54) is 6.07 Å². The summed E-state index contributed by atoms with van der Waals surface area (Å²) in [5.41, 5.74) is 1.07. The van der Waals surface area contributed by atoms with Crippen LogP contribution >= 0.6 is 0 Å². The van der Waals surface area contributed by atoms with Crippen molar-refractivity contribution in [2.45, 2.75) is 50.2 Å². The highest BCUT2D eigenvalue weighted by atomic mass is 19.1. The first-order valence-corrected chi connectivity index (χ1v) is 8.09. The number of imidazole rings is 1. The lowest BCUT2D eigenvalue weighted by Gasteiger charge is -2.30. The van der Waals surface area contributed by atoms with Crippen LogP contribution in [0.1, 0.15) is 50.1 Å². The zero-order valence-electron chi connectivity index (χ0n) is 12.8. The summed E-state index contributed by atoms with van der Waals surface area (Å²) < 4.78 is 31.2. The van der Waals surface area contributed by atoms with E-state index in [9.17, 15) is 13.6 Å². The molecule has 0 spiro atoms. The topological polar surface area (TPSA) is 34.9 Å². The molecule has 1 fully saturated rings. The molecule has 1 saturated carbocycles. The van der Waals surface area contributed by atoms with Crippen molar-refractivity contribution < 1.29 is 13.6 Å². The summed E-state index contributed by atoms with van der Waals surface area (Å²) in [7, 11) is 0. The second kappa shape index (κ2) is 5.25. The molecule has 120 valence electrons. The third kappa shape index (κ3) is 2.38. The lowest BCUT2D eigenvalue weighted by atomic mass is 9.81. The van der Waals surface area contributed by atoms with Crippen molar-refractivity contribution in [1.82, 2.24) is 9.55 Å². The molecule has 4 rings (SSSR count). The number of ketones is 1. The maximum atomic E-state index is 14.9. The number of rotatable bonds is 3. The fourth-order valence-corrected chi connectivity index (χ4v) is 3.91. The fourth-order valence-electron chi connectivity index (χ4n) is 3.91. The first-order chi connectivity index (χ1) is 11.1. The van der Waals surface area contributed by atoms with E-state index in [4.69, 9.17) is 0 Å². The van der Waals surface area contributed by atoms with Crippen LogP contribution in [0.15, 0.2) is 30.7 Å². The van der Waals surface area contributed by atoms with Crippen molar-refractivity contribution >= 4 is 5.78 Å². The highest BCUT2D eigenvalue weighted by molar-refractivity contribution is 5.79. The SMILES string of the molecule is O=C1CCC(F)(CCC2c3c(F)cccc3-c3cncn32)CC1. The Kier molecular flexibility index (Phi) is 3.32. The van der Waals surface area contributed by atoms with Gasteiger partial charge in [-0.1, -0.05) is 12.1 Å². The number of hydrogen-bond donors (Lipinski definition) is 0. The van der Waals surface area contributed by atoms with Gasteiger partial charge in [0.25, 0.3) is 0 Å². The molecule has 2 aliphatic rings. The predicted octanol–water partition coefficient (Wildman–Crippen LogP) is 4.22. The van der Waals surface area contributed by atoms with Gasteiger partial charge in [-0.2, -0.15) is 0 Å². The Morgan fingerprint density at radius 1 is 1.30 bits per heavy atom. The summed E-state index contributed by atoms with van der Waals surface area (Å²) in [6.07, 6.45) is 5.50. The summed E-state index contributed by atoms with van der Waals surface area (Å²) in [6, 6.07) is 4.82. The number of halogens is 2. The molecule has 0 radical (unpaired) electrons. The molecule has 2 heterocycles. The third-order valence-corrected chi connectivity index (χ3v) is 5.23. The standard InChI is InChI=1S/C18H18F2N2O/c19-14-3-1-2-13-16-10-21-11-22(16)15(17(13)14)6-9-18(20)7-4-12(23)5-8-18/h1-3,10-11,15H,4-9H2. The van der Waals surface area contributed by atoms with Crippen LogP contribution in [0.25, 0.3) is 11.3 Å². The van der Waals surface area contributed by atoms with E-state index in [-0.39, 0.29) is 17.6 Å². The van der Waals surface area contributed by atoms with Gasteiger partial charge in [0.05, 0.1) is 24.3 Å². The van der Waals surface area contributed by atoms with Gasteiger partial charge in [-0.25, -0.2) is 13.8 Å². The summed E-state index contributed by atoms with van der Waals surface area (Å²) in [6.45, 7) is 0. The van der Waals surface area contributed by atoms with Crippen LogP contribution in [0.3, 0.4) is 0 Å². The molecule has 1 atom stereocenters. The molecule has 1 aliphatic carbocycles. The van der Waals surface area contributed by atoms with Crippen molar-refractivity contribution in [3.8, 4) is 11.3 Å². The molecule has 1 aliphatic heterocycles. The highest BCUT2D eigenvalue weighted by Crippen LogP contribution is 2.45. The van der Waals surface area contributed by atoms with E-state index in [0.717, 1.165) is 11.3 Å². The minimum Gasteiger partial charge on any atom is -0.323 e. The van der Waals surface area contributed by atoms with Gasteiger partial charge in [0.2, 0.25) is 0 Å². The van der Waals surface area contributed by atoms with Gasteiger partial charge in [0.1, 0.15) is 17.3 Å². The molecule has 0 bridgehead atoms. The van der Waals surface area contributed by atoms with Crippen LogP contribution in [0.2, 0.25) is 0 Å². The van der Waals surface area contributed by atoms with Crippen LogP contribution in [0.4, 0.5) is 8.78 Å². The van der Waals surface area contributed by atoms with Crippen molar-refractivity contribution in [1.29, 1.82) is 0 Å². The monoisotopic (exact) mass is 316 g/mol. The molecule has 0 amide bonds. The van der Waals surface area contributed by atoms with Crippen LogP contribution in [0.5, 0.6) is 0 Å². The first kappa shape index (κ1) is 14.5. The van der Waals surface area contributed by atoms with Gasteiger partial charge < -0.3 is 4.57 Å². The Balaban J connectivity index is 1.59. The van der Waals surface area contributed by atoms with Gasteiger partial charge >= 0.3 is 0 Å². The molecule has 1 unspecified atom stereocenters. The summed E-state index contributed by atoms with van der Waals surface area (Å²) in [5.74, 6) is -0.102. The number of alkyl halides is 1. The zero-order chi connectivity index (χ0) is 16.0. The van der Waals surface area contributed by atoms with Crippen LogP contribution < -0.4 is 0 Å². The van der Waals surface area contributed by atoms with Gasteiger partial charge in [-0.05, 0) is 31.7 Å². The number of carbonyl (C=O) groups excluding carboxylic acids is 1. The van der Waals surface area contributed by atoms with Crippen LogP contribution in [-0.2, 0) is 4.79 Å². The van der Waals surface area contributed by atoms with Gasteiger partial charge in [0, 0.05) is 24.0 Å². The molecule has 0 N–H and O–H groups in total. The maximum absolute atomic E-state index is 14.9. The number of hydrogen-bond acceptors (Lipinski definition) is 2. The maximum Gasteiger partial charge on any atom is 0.133 e. The van der Waals surface area contributed by atoms with E-state index in [1.54, 1.807) is 18.6 Å². The molecule has 3 nitrogen and oxygen atoms in total. The number of Topliss-reactive ketones (excluding diaryl/α,β-unsaturated/α-hetero) is 1. The molecular formula is C18H18F2N2O. The minimum absolute atomic E-state index is 0.146. The Hall–Kier alpha value is -2.04.